The van der Waals surface area contributed by atoms with Gasteiger partial charge >= 0.3 is 0 Å². The van der Waals surface area contributed by atoms with Crippen LogP contribution >= 0.6 is 23.7 Å². The summed E-state index contributed by atoms with van der Waals surface area (Å²) in [5.74, 6) is 1.41. The van der Waals surface area contributed by atoms with Crippen molar-refractivity contribution in [1.29, 1.82) is 0 Å². The number of aromatic nitrogens is 1. The van der Waals surface area contributed by atoms with Crippen LogP contribution in [0.2, 0.25) is 0 Å². The molecule has 0 aliphatic carbocycles. The van der Waals surface area contributed by atoms with Crippen LogP contribution in [0.25, 0.3) is 10.2 Å². The molecule has 0 saturated heterocycles. The summed E-state index contributed by atoms with van der Waals surface area (Å²) in [5, 5.41) is 0.737. The maximum Gasteiger partial charge on any atom is 0.260 e. The van der Waals surface area contributed by atoms with Crippen molar-refractivity contribution in [3.63, 3.8) is 0 Å². The minimum absolute atomic E-state index is 0. The Labute approximate surface area is 211 Å². The smallest absolute Gasteiger partial charge is 0.260 e. The largest absolute Gasteiger partial charge is 0.457 e. The molecular weight excluding hydrogens is 466 g/mol. The van der Waals surface area contributed by atoms with Gasteiger partial charge in [0.1, 0.15) is 11.5 Å². The Morgan fingerprint density at radius 3 is 2.21 bits per heavy atom. The van der Waals surface area contributed by atoms with E-state index in [9.17, 15) is 4.79 Å². The van der Waals surface area contributed by atoms with Crippen LogP contribution in [0, 0.1) is 6.92 Å². The van der Waals surface area contributed by atoms with E-state index in [2.05, 4.69) is 37.8 Å². The van der Waals surface area contributed by atoms with Crippen molar-refractivity contribution < 1.29 is 9.53 Å². The number of anilines is 1. The highest BCUT2D eigenvalue weighted by atomic mass is 35.5. The van der Waals surface area contributed by atoms with Crippen molar-refractivity contribution in [3.8, 4) is 11.5 Å². The van der Waals surface area contributed by atoms with Crippen LogP contribution in [0.3, 0.4) is 0 Å². The maximum atomic E-state index is 13.6. The van der Waals surface area contributed by atoms with Crippen molar-refractivity contribution in [2.75, 3.05) is 31.1 Å². The van der Waals surface area contributed by atoms with Crippen LogP contribution in [-0.2, 0) is 0 Å². The Morgan fingerprint density at radius 2 is 1.56 bits per heavy atom. The van der Waals surface area contributed by atoms with Crippen LogP contribution in [0.5, 0.6) is 11.5 Å². The summed E-state index contributed by atoms with van der Waals surface area (Å²) in [7, 11) is 0. The highest BCUT2D eigenvalue weighted by molar-refractivity contribution is 7.22. The first-order chi connectivity index (χ1) is 16.1. The first kappa shape index (κ1) is 25.7. The SMILES string of the molecule is CCN(CC)CCN(C(=O)c1ccc(Oc2ccccc2)cc1)c1nc2c(C)cccc2s1.Cl. The number of carbonyl (C=O) groups excluding carboxylic acids is 1. The van der Waals surface area contributed by atoms with Crippen LogP contribution in [-0.4, -0.2) is 42.0 Å². The van der Waals surface area contributed by atoms with E-state index in [0.29, 0.717) is 17.9 Å². The quantitative estimate of drug-likeness (QED) is 0.256. The topological polar surface area (TPSA) is 45.7 Å². The Hall–Kier alpha value is -2.93. The van der Waals surface area contributed by atoms with E-state index >= 15 is 0 Å². The molecule has 0 bridgehead atoms. The lowest BCUT2D eigenvalue weighted by Crippen LogP contribution is -2.38. The summed E-state index contributed by atoms with van der Waals surface area (Å²) in [6.45, 7) is 9.61. The lowest BCUT2D eigenvalue weighted by atomic mass is 10.2. The number of aryl methyl sites for hydroxylation is 1. The summed E-state index contributed by atoms with van der Waals surface area (Å²) in [6, 6.07) is 23.1. The molecule has 0 unspecified atom stereocenters. The summed E-state index contributed by atoms with van der Waals surface area (Å²) in [5.41, 5.74) is 2.70. The number of likely N-dealkylation sites (N-methyl/N-ethyl adjacent to an activating group) is 1. The molecule has 0 aliphatic heterocycles. The molecule has 3 aromatic carbocycles. The normalized spacial score (nSPS) is 10.8. The fraction of sp³-hybridized carbons (Fsp3) is 0.259. The fourth-order valence-corrected chi connectivity index (χ4v) is 4.77. The molecule has 34 heavy (non-hydrogen) atoms. The summed E-state index contributed by atoms with van der Waals surface area (Å²) < 4.78 is 6.97. The Bertz CT molecular complexity index is 1210. The second kappa shape index (κ2) is 12.0. The number of rotatable bonds is 9. The van der Waals surface area contributed by atoms with Gasteiger partial charge in [0, 0.05) is 18.7 Å². The van der Waals surface area contributed by atoms with Gasteiger partial charge in [0.25, 0.3) is 5.91 Å². The number of para-hydroxylation sites is 2. The summed E-state index contributed by atoms with van der Waals surface area (Å²) >= 11 is 1.57. The monoisotopic (exact) mass is 495 g/mol. The number of hydrogen-bond acceptors (Lipinski definition) is 5. The van der Waals surface area contributed by atoms with Crippen molar-refractivity contribution in [1.82, 2.24) is 9.88 Å². The first-order valence-electron chi connectivity index (χ1n) is 11.3. The molecule has 1 amide bonds. The maximum absolute atomic E-state index is 13.6. The Kier molecular flexibility index (Phi) is 9.05. The van der Waals surface area contributed by atoms with Gasteiger partial charge in [-0.25, -0.2) is 4.98 Å². The molecule has 0 saturated carbocycles. The van der Waals surface area contributed by atoms with Gasteiger partial charge in [-0.1, -0.05) is 55.5 Å². The number of fused-ring (bicyclic) bond motifs is 1. The van der Waals surface area contributed by atoms with Crippen LogP contribution in [0.1, 0.15) is 29.8 Å². The predicted octanol–water partition coefficient (Wildman–Crippen LogP) is 6.81. The average Bonchev–Trinajstić information content (AvgIpc) is 3.28. The molecule has 0 spiro atoms. The molecule has 4 rings (SSSR count). The molecule has 0 fully saturated rings. The summed E-state index contributed by atoms with van der Waals surface area (Å²) in [4.78, 5) is 22.6. The number of hydrogen-bond donors (Lipinski definition) is 0. The van der Waals surface area contributed by atoms with Crippen molar-refractivity contribution >= 4 is 45.0 Å². The highest BCUT2D eigenvalue weighted by Crippen LogP contribution is 2.31. The van der Waals surface area contributed by atoms with Crippen molar-refractivity contribution in [2.45, 2.75) is 20.8 Å². The van der Waals surface area contributed by atoms with E-state index in [1.165, 1.54) is 0 Å². The standard InChI is InChI=1S/C27H29N3O2S.ClH/c1-4-29(5-2)18-19-30(27-28-25-20(3)10-9-13-24(25)33-27)26(31)21-14-16-23(17-15-21)32-22-11-7-6-8-12-22;/h6-17H,4-5,18-19H2,1-3H3;1H. The minimum atomic E-state index is -0.0508. The molecule has 0 N–H and O–H groups in total. The van der Waals surface area contributed by atoms with E-state index in [4.69, 9.17) is 9.72 Å². The third kappa shape index (κ3) is 5.95. The van der Waals surface area contributed by atoms with Crippen molar-refractivity contribution in [3.05, 3.63) is 83.9 Å². The zero-order valence-electron chi connectivity index (χ0n) is 19.7. The van der Waals surface area contributed by atoms with Gasteiger partial charge in [-0.3, -0.25) is 9.69 Å². The van der Waals surface area contributed by atoms with Gasteiger partial charge in [0.2, 0.25) is 0 Å². The minimum Gasteiger partial charge on any atom is -0.457 e. The predicted molar refractivity (Wildman–Crippen MR) is 144 cm³/mol. The number of nitrogens with zero attached hydrogens (tertiary/aromatic N) is 3. The molecule has 1 aromatic heterocycles. The lowest BCUT2D eigenvalue weighted by molar-refractivity contribution is 0.0984. The van der Waals surface area contributed by atoms with Crippen LogP contribution in [0.4, 0.5) is 5.13 Å². The molecule has 178 valence electrons. The second-order valence-electron chi connectivity index (χ2n) is 7.84. The van der Waals surface area contributed by atoms with Crippen LogP contribution in [0.15, 0.2) is 72.8 Å². The number of ether oxygens (including phenoxy) is 1. The van der Waals surface area contributed by atoms with E-state index < -0.39 is 0 Å². The highest BCUT2D eigenvalue weighted by Gasteiger charge is 2.22. The molecule has 0 aliphatic rings. The third-order valence-corrected chi connectivity index (χ3v) is 6.74. The molecule has 1 heterocycles. The second-order valence-corrected chi connectivity index (χ2v) is 8.85. The molecule has 0 atom stereocenters. The molecule has 5 nitrogen and oxygen atoms in total. The zero-order valence-corrected chi connectivity index (χ0v) is 21.4. The molecule has 4 aromatic rings. The van der Waals surface area contributed by atoms with E-state index in [-0.39, 0.29) is 18.3 Å². The zero-order chi connectivity index (χ0) is 23.2. The van der Waals surface area contributed by atoms with Gasteiger partial charge in [-0.05, 0) is 68.0 Å². The van der Waals surface area contributed by atoms with E-state index in [0.717, 1.165) is 46.3 Å². The van der Waals surface area contributed by atoms with Gasteiger partial charge in [-0.2, -0.15) is 0 Å². The van der Waals surface area contributed by atoms with Gasteiger partial charge in [-0.15, -0.1) is 12.4 Å². The first-order valence-corrected chi connectivity index (χ1v) is 12.1. The number of benzene rings is 3. The Balaban J connectivity index is 0.00000324. The van der Waals surface area contributed by atoms with Crippen molar-refractivity contribution in [2.24, 2.45) is 0 Å². The summed E-state index contributed by atoms with van der Waals surface area (Å²) in [6.07, 6.45) is 0. The van der Waals surface area contributed by atoms with Crippen LogP contribution < -0.4 is 9.64 Å². The number of thiazole rings is 1. The van der Waals surface area contributed by atoms with Gasteiger partial charge in [0.05, 0.1) is 10.2 Å². The average molecular weight is 496 g/mol. The molecular formula is C27H30ClN3O2S. The number of amides is 1. The number of halogens is 1. The van der Waals surface area contributed by atoms with E-state index in [1.54, 1.807) is 11.3 Å². The molecule has 0 radical (unpaired) electrons. The fourth-order valence-electron chi connectivity index (χ4n) is 3.70. The lowest BCUT2D eigenvalue weighted by Gasteiger charge is -2.24. The Morgan fingerprint density at radius 1 is 0.882 bits per heavy atom. The molecule has 7 heteroatoms. The third-order valence-electron chi connectivity index (χ3n) is 5.70. The number of carbonyl (C=O) groups is 1. The van der Waals surface area contributed by atoms with Gasteiger partial charge < -0.3 is 9.64 Å². The van der Waals surface area contributed by atoms with E-state index in [1.807, 2.05) is 65.6 Å². The van der Waals surface area contributed by atoms with Gasteiger partial charge in [0.15, 0.2) is 5.13 Å².